The van der Waals surface area contributed by atoms with Crippen molar-refractivity contribution < 1.29 is 4.79 Å². The number of ketones is 1. The molecule has 142 valence electrons. The van der Waals surface area contributed by atoms with Crippen molar-refractivity contribution in [3.63, 3.8) is 0 Å². The molecule has 0 amide bonds. The van der Waals surface area contributed by atoms with Crippen LogP contribution in [0, 0.1) is 0 Å². The summed E-state index contributed by atoms with van der Waals surface area (Å²) in [6.07, 6.45) is 0. The third-order valence-corrected chi connectivity index (χ3v) is 5.21. The fraction of sp³-hybridized carbons (Fsp3) is 0.0741. The Balaban J connectivity index is 1.76. The molecule has 3 aromatic rings. The smallest absolute Gasteiger partial charge is 0.196 e. The van der Waals surface area contributed by atoms with Crippen LogP contribution in [-0.4, -0.2) is 5.78 Å². The minimum absolute atomic E-state index is 0.0260. The second-order valence-corrected chi connectivity index (χ2v) is 7.13. The summed E-state index contributed by atoms with van der Waals surface area (Å²) in [5.74, 6) is 0.0260. The van der Waals surface area contributed by atoms with Gasteiger partial charge in [-0.05, 0) is 29.2 Å². The Morgan fingerprint density at radius 2 is 1.24 bits per heavy atom. The molecule has 0 aromatic heterocycles. The maximum Gasteiger partial charge on any atom is 0.196 e. The van der Waals surface area contributed by atoms with Crippen molar-refractivity contribution in [1.82, 2.24) is 5.32 Å². The molecular formula is C27H23NO. The first-order valence-corrected chi connectivity index (χ1v) is 9.75. The van der Waals surface area contributed by atoms with Crippen molar-refractivity contribution in [1.29, 1.82) is 0 Å². The first-order chi connectivity index (χ1) is 14.2. The molecule has 0 fully saturated rings. The Kier molecular flexibility index (Phi) is 5.26. The van der Waals surface area contributed by atoms with Gasteiger partial charge in [0, 0.05) is 29.0 Å². The van der Waals surface area contributed by atoms with E-state index in [-0.39, 0.29) is 5.78 Å². The van der Waals surface area contributed by atoms with Gasteiger partial charge < -0.3 is 5.32 Å². The molecule has 3 aromatic carbocycles. The number of allylic oxidation sites excluding steroid dienone is 5. The summed E-state index contributed by atoms with van der Waals surface area (Å²) in [5.41, 5.74) is 7.03. The van der Waals surface area contributed by atoms with Crippen LogP contribution in [0.3, 0.4) is 0 Å². The van der Waals surface area contributed by atoms with Gasteiger partial charge in [-0.3, -0.25) is 4.79 Å². The van der Waals surface area contributed by atoms with Crippen LogP contribution >= 0.6 is 0 Å². The number of carbonyl (C=O) groups is 1. The van der Waals surface area contributed by atoms with Crippen LogP contribution in [0.25, 0.3) is 11.1 Å². The van der Waals surface area contributed by atoms with Crippen molar-refractivity contribution in [2.75, 3.05) is 0 Å². The molecule has 0 aliphatic heterocycles. The maximum atomic E-state index is 13.5. The van der Waals surface area contributed by atoms with Gasteiger partial charge in [-0.25, -0.2) is 0 Å². The highest BCUT2D eigenvalue weighted by Crippen LogP contribution is 2.44. The number of rotatable bonds is 5. The summed E-state index contributed by atoms with van der Waals surface area (Å²) >= 11 is 0. The highest BCUT2D eigenvalue weighted by molar-refractivity contribution is 6.43. The van der Waals surface area contributed by atoms with Gasteiger partial charge in [0.15, 0.2) is 5.78 Å². The molecule has 29 heavy (non-hydrogen) atoms. The topological polar surface area (TPSA) is 29.1 Å². The third kappa shape index (κ3) is 3.70. The average Bonchev–Trinajstić information content (AvgIpc) is 3.04. The lowest BCUT2D eigenvalue weighted by Crippen LogP contribution is -2.15. The summed E-state index contributed by atoms with van der Waals surface area (Å²) < 4.78 is 0. The Hall–Kier alpha value is -3.65. The van der Waals surface area contributed by atoms with Gasteiger partial charge in [0.2, 0.25) is 0 Å². The highest BCUT2D eigenvalue weighted by atomic mass is 16.1. The second kappa shape index (κ2) is 8.15. The lowest BCUT2D eigenvalue weighted by atomic mass is 9.95. The largest absolute Gasteiger partial charge is 0.384 e. The van der Waals surface area contributed by atoms with Crippen molar-refractivity contribution in [2.45, 2.75) is 13.5 Å². The number of carbonyl (C=O) groups excluding carboxylic acids is 1. The molecule has 2 heteroatoms. The highest BCUT2D eigenvalue weighted by Gasteiger charge is 2.34. The molecule has 0 atom stereocenters. The van der Waals surface area contributed by atoms with E-state index in [1.807, 2.05) is 85.8 Å². The summed E-state index contributed by atoms with van der Waals surface area (Å²) in [5, 5.41) is 3.42. The predicted molar refractivity (Wildman–Crippen MR) is 120 cm³/mol. The lowest BCUT2D eigenvalue weighted by Gasteiger charge is -2.12. The summed E-state index contributed by atoms with van der Waals surface area (Å²) in [4.78, 5) is 13.5. The predicted octanol–water partition coefficient (Wildman–Crippen LogP) is 5.80. The van der Waals surface area contributed by atoms with Crippen LogP contribution in [0.2, 0.25) is 0 Å². The van der Waals surface area contributed by atoms with Crippen LogP contribution in [0.4, 0.5) is 0 Å². The molecule has 0 unspecified atom stereocenters. The fourth-order valence-corrected chi connectivity index (χ4v) is 3.77. The van der Waals surface area contributed by atoms with E-state index >= 15 is 0 Å². The first kappa shape index (κ1) is 18.7. The van der Waals surface area contributed by atoms with E-state index in [9.17, 15) is 4.79 Å². The van der Waals surface area contributed by atoms with Crippen LogP contribution in [-0.2, 0) is 11.3 Å². The molecule has 4 rings (SSSR count). The van der Waals surface area contributed by atoms with Gasteiger partial charge >= 0.3 is 0 Å². The van der Waals surface area contributed by atoms with Crippen LogP contribution in [0.15, 0.2) is 114 Å². The number of Topliss-reactive ketones (excluding diaryl/α,β-unsaturated/α-hetero) is 1. The van der Waals surface area contributed by atoms with E-state index in [0.717, 1.165) is 33.5 Å². The average molecular weight is 377 g/mol. The molecule has 0 spiro atoms. The van der Waals surface area contributed by atoms with Gasteiger partial charge in [-0.15, -0.1) is 0 Å². The minimum atomic E-state index is 0.0260. The minimum Gasteiger partial charge on any atom is -0.384 e. The monoisotopic (exact) mass is 377 g/mol. The summed E-state index contributed by atoms with van der Waals surface area (Å²) in [6, 6.07) is 30.1. The summed E-state index contributed by atoms with van der Waals surface area (Å²) in [6.45, 7) is 6.94. The molecule has 1 N–H and O–H groups in total. The van der Waals surface area contributed by atoms with Crippen molar-refractivity contribution >= 4 is 16.9 Å². The molecule has 1 aliphatic carbocycles. The molecule has 1 aliphatic rings. The zero-order chi connectivity index (χ0) is 20.2. The van der Waals surface area contributed by atoms with Gasteiger partial charge in [0.05, 0.1) is 0 Å². The van der Waals surface area contributed by atoms with E-state index in [4.69, 9.17) is 0 Å². The second-order valence-electron chi connectivity index (χ2n) is 7.13. The third-order valence-electron chi connectivity index (χ3n) is 5.21. The Labute approximate surface area is 171 Å². The number of hydrogen-bond acceptors (Lipinski definition) is 2. The molecule has 0 radical (unpaired) electrons. The molecule has 2 nitrogen and oxygen atoms in total. The molecular weight excluding hydrogens is 354 g/mol. The normalized spacial score (nSPS) is 15.6. The zero-order valence-electron chi connectivity index (χ0n) is 16.5. The van der Waals surface area contributed by atoms with Crippen LogP contribution in [0.5, 0.6) is 0 Å². The summed E-state index contributed by atoms with van der Waals surface area (Å²) in [7, 11) is 0. The Morgan fingerprint density at radius 3 is 1.79 bits per heavy atom. The van der Waals surface area contributed by atoms with Crippen LogP contribution in [0.1, 0.15) is 23.6 Å². The van der Waals surface area contributed by atoms with E-state index in [1.165, 1.54) is 5.56 Å². The van der Waals surface area contributed by atoms with Crippen LogP contribution < -0.4 is 5.32 Å². The van der Waals surface area contributed by atoms with E-state index in [2.05, 4.69) is 24.0 Å². The van der Waals surface area contributed by atoms with Gasteiger partial charge in [-0.1, -0.05) is 97.6 Å². The van der Waals surface area contributed by atoms with Gasteiger partial charge in [0.1, 0.15) is 0 Å². The lowest BCUT2D eigenvalue weighted by molar-refractivity contribution is -0.110. The number of hydrogen-bond donors (Lipinski definition) is 1. The fourth-order valence-electron chi connectivity index (χ4n) is 3.77. The molecule has 0 heterocycles. The molecule has 0 saturated heterocycles. The van der Waals surface area contributed by atoms with Gasteiger partial charge in [-0.2, -0.15) is 0 Å². The zero-order valence-corrected chi connectivity index (χ0v) is 16.5. The first-order valence-electron chi connectivity index (χ1n) is 9.75. The Bertz CT molecular complexity index is 1040. The van der Waals surface area contributed by atoms with E-state index < -0.39 is 0 Å². The number of nitrogens with one attached hydrogen (secondary N) is 1. The number of benzene rings is 3. The Morgan fingerprint density at radius 1 is 0.759 bits per heavy atom. The maximum absolute atomic E-state index is 13.5. The van der Waals surface area contributed by atoms with Crippen molar-refractivity contribution in [2.24, 2.45) is 0 Å². The van der Waals surface area contributed by atoms with Gasteiger partial charge in [0.25, 0.3) is 0 Å². The van der Waals surface area contributed by atoms with E-state index in [0.29, 0.717) is 12.1 Å². The molecule has 0 bridgehead atoms. The SMILES string of the molecule is C=C1C(c2ccccc2)=C(c2ccccc2)C(=O)/C1=C(/C)NCc1ccccc1. The quantitative estimate of drug-likeness (QED) is 0.569. The van der Waals surface area contributed by atoms with Crippen molar-refractivity contribution in [3.8, 4) is 0 Å². The standard InChI is InChI=1S/C27H23NO/c1-19-24(20(2)28-18-21-12-6-3-7-13-21)27(29)26(23-16-10-5-11-17-23)25(19)22-14-8-4-9-15-22/h3-17,28H,1,18H2,2H3/b24-20-. The molecule has 0 saturated carbocycles. The van der Waals surface area contributed by atoms with E-state index in [1.54, 1.807) is 0 Å². The van der Waals surface area contributed by atoms with Crippen molar-refractivity contribution in [3.05, 3.63) is 131 Å².